The van der Waals surface area contributed by atoms with Crippen molar-refractivity contribution in [2.75, 3.05) is 6.54 Å². The molecular formula is C19H21FN2O3. The summed E-state index contributed by atoms with van der Waals surface area (Å²) in [6.07, 6.45) is 3.12. The van der Waals surface area contributed by atoms with Gasteiger partial charge in [-0.05, 0) is 43.5 Å². The Balaban J connectivity index is 1.54. The summed E-state index contributed by atoms with van der Waals surface area (Å²) in [5, 5.41) is 5.57. The van der Waals surface area contributed by atoms with Crippen LogP contribution in [-0.2, 0) is 16.0 Å². The molecule has 0 bridgehead atoms. The van der Waals surface area contributed by atoms with Gasteiger partial charge in [0, 0.05) is 19.4 Å². The van der Waals surface area contributed by atoms with E-state index in [1.54, 1.807) is 30.3 Å². The quantitative estimate of drug-likeness (QED) is 0.876. The predicted molar refractivity (Wildman–Crippen MR) is 91.2 cm³/mol. The molecule has 2 aromatic rings. The molecule has 0 radical (unpaired) electrons. The van der Waals surface area contributed by atoms with Crippen molar-refractivity contribution in [2.45, 2.75) is 38.1 Å². The molecule has 1 atom stereocenters. The Kier molecular flexibility index (Phi) is 5.48. The summed E-state index contributed by atoms with van der Waals surface area (Å²) in [5.41, 5.74) is 0.397. The lowest BCUT2D eigenvalue weighted by molar-refractivity contribution is -0.128. The lowest BCUT2D eigenvalue weighted by atomic mass is 10.1. The Hall–Kier alpha value is -2.63. The molecule has 2 amide bonds. The summed E-state index contributed by atoms with van der Waals surface area (Å²) >= 11 is 0. The van der Waals surface area contributed by atoms with Gasteiger partial charge in [-0.3, -0.25) is 9.59 Å². The number of rotatable bonds is 5. The SMILES string of the molecule is O=C(CCc1ccc(-c2ccccc2F)o1)N[C@H]1CCCCNC1=O. The Bertz CT molecular complexity index is 757. The van der Waals surface area contributed by atoms with Gasteiger partial charge in [-0.1, -0.05) is 12.1 Å². The van der Waals surface area contributed by atoms with Crippen LogP contribution in [0.15, 0.2) is 40.8 Å². The molecule has 0 unspecified atom stereocenters. The summed E-state index contributed by atoms with van der Waals surface area (Å²) < 4.78 is 19.4. The Morgan fingerprint density at radius 2 is 2.08 bits per heavy atom. The first-order valence-electron chi connectivity index (χ1n) is 8.54. The highest BCUT2D eigenvalue weighted by Gasteiger charge is 2.22. The second-order valence-corrected chi connectivity index (χ2v) is 6.15. The standard InChI is InChI=1S/C19H21FN2O3/c20-15-6-2-1-5-14(15)17-10-8-13(25-17)9-11-18(23)22-16-7-3-4-12-21-19(16)24/h1-2,5-6,8,10,16H,3-4,7,9,11-12H2,(H,21,24)(H,22,23)/t16-/m0/s1. The third-order valence-corrected chi connectivity index (χ3v) is 4.27. The molecule has 25 heavy (non-hydrogen) atoms. The van der Waals surface area contributed by atoms with Crippen molar-refractivity contribution in [1.82, 2.24) is 10.6 Å². The highest BCUT2D eigenvalue weighted by molar-refractivity contribution is 5.87. The lowest BCUT2D eigenvalue weighted by Gasteiger charge is -2.14. The van der Waals surface area contributed by atoms with Crippen LogP contribution in [0, 0.1) is 5.82 Å². The summed E-state index contributed by atoms with van der Waals surface area (Å²) in [5.74, 6) is 0.396. The summed E-state index contributed by atoms with van der Waals surface area (Å²) in [7, 11) is 0. The maximum atomic E-state index is 13.8. The number of aryl methyl sites for hydroxylation is 1. The molecule has 1 aliphatic rings. The van der Waals surface area contributed by atoms with Crippen molar-refractivity contribution < 1.29 is 18.4 Å². The summed E-state index contributed by atoms with van der Waals surface area (Å²) in [4.78, 5) is 23.9. The zero-order valence-electron chi connectivity index (χ0n) is 13.9. The third kappa shape index (κ3) is 4.47. The van der Waals surface area contributed by atoms with E-state index >= 15 is 0 Å². The molecule has 6 heteroatoms. The van der Waals surface area contributed by atoms with Gasteiger partial charge in [-0.15, -0.1) is 0 Å². The number of hydrogen-bond acceptors (Lipinski definition) is 3. The van der Waals surface area contributed by atoms with E-state index in [0.29, 0.717) is 36.5 Å². The molecule has 1 aromatic heterocycles. The van der Waals surface area contributed by atoms with Gasteiger partial charge >= 0.3 is 0 Å². The molecule has 1 aromatic carbocycles. The number of benzene rings is 1. The fraction of sp³-hybridized carbons (Fsp3) is 0.368. The summed E-state index contributed by atoms with van der Waals surface area (Å²) in [6.45, 7) is 0.663. The Morgan fingerprint density at radius 1 is 1.24 bits per heavy atom. The van der Waals surface area contributed by atoms with Crippen molar-refractivity contribution in [1.29, 1.82) is 0 Å². The molecule has 2 N–H and O–H groups in total. The predicted octanol–water partition coefficient (Wildman–Crippen LogP) is 2.80. The maximum Gasteiger partial charge on any atom is 0.242 e. The van der Waals surface area contributed by atoms with E-state index in [-0.39, 0.29) is 24.1 Å². The zero-order valence-corrected chi connectivity index (χ0v) is 13.9. The van der Waals surface area contributed by atoms with E-state index in [1.165, 1.54) is 6.07 Å². The minimum atomic E-state index is -0.458. The van der Waals surface area contributed by atoms with Crippen LogP contribution < -0.4 is 10.6 Å². The van der Waals surface area contributed by atoms with Crippen LogP contribution in [0.25, 0.3) is 11.3 Å². The number of hydrogen-bond donors (Lipinski definition) is 2. The minimum Gasteiger partial charge on any atom is -0.461 e. The van der Waals surface area contributed by atoms with Gasteiger partial charge in [0.2, 0.25) is 11.8 Å². The average Bonchev–Trinajstić information content (AvgIpc) is 2.98. The fourth-order valence-electron chi connectivity index (χ4n) is 2.90. The normalized spacial score (nSPS) is 17.6. The molecule has 0 aliphatic carbocycles. The molecule has 3 rings (SSSR count). The smallest absolute Gasteiger partial charge is 0.242 e. The van der Waals surface area contributed by atoms with Crippen molar-refractivity contribution in [3.8, 4) is 11.3 Å². The molecule has 0 saturated carbocycles. The first kappa shape index (κ1) is 17.2. The van der Waals surface area contributed by atoms with Crippen molar-refractivity contribution >= 4 is 11.8 Å². The van der Waals surface area contributed by atoms with Crippen LogP contribution in [-0.4, -0.2) is 24.4 Å². The van der Waals surface area contributed by atoms with Gasteiger partial charge in [0.1, 0.15) is 23.4 Å². The highest BCUT2D eigenvalue weighted by atomic mass is 19.1. The van der Waals surface area contributed by atoms with Crippen molar-refractivity contribution in [3.63, 3.8) is 0 Å². The van der Waals surface area contributed by atoms with Gasteiger partial charge < -0.3 is 15.1 Å². The maximum absolute atomic E-state index is 13.8. The van der Waals surface area contributed by atoms with Crippen LogP contribution >= 0.6 is 0 Å². The molecule has 2 heterocycles. The monoisotopic (exact) mass is 344 g/mol. The van der Waals surface area contributed by atoms with E-state index in [1.807, 2.05) is 0 Å². The van der Waals surface area contributed by atoms with Crippen molar-refractivity contribution in [2.24, 2.45) is 0 Å². The second kappa shape index (κ2) is 7.96. The molecular weight excluding hydrogens is 323 g/mol. The molecule has 1 saturated heterocycles. The van der Waals surface area contributed by atoms with Crippen LogP contribution in [0.5, 0.6) is 0 Å². The van der Waals surface area contributed by atoms with E-state index in [2.05, 4.69) is 10.6 Å². The number of carbonyl (C=O) groups is 2. The van der Waals surface area contributed by atoms with Crippen LogP contribution in [0.3, 0.4) is 0 Å². The van der Waals surface area contributed by atoms with Crippen molar-refractivity contribution in [3.05, 3.63) is 48.0 Å². The molecule has 5 nitrogen and oxygen atoms in total. The number of carbonyl (C=O) groups excluding carboxylic acids is 2. The fourth-order valence-corrected chi connectivity index (χ4v) is 2.90. The lowest BCUT2D eigenvalue weighted by Crippen LogP contribution is -2.45. The molecule has 1 aliphatic heterocycles. The van der Waals surface area contributed by atoms with E-state index in [0.717, 1.165) is 12.8 Å². The number of furan rings is 1. The Labute approximate surface area is 145 Å². The van der Waals surface area contributed by atoms with Crippen LogP contribution in [0.2, 0.25) is 0 Å². The zero-order chi connectivity index (χ0) is 17.6. The van der Waals surface area contributed by atoms with Gasteiger partial charge in [0.15, 0.2) is 0 Å². The highest BCUT2D eigenvalue weighted by Crippen LogP contribution is 2.25. The largest absolute Gasteiger partial charge is 0.461 e. The van der Waals surface area contributed by atoms with Gasteiger partial charge in [-0.2, -0.15) is 0 Å². The average molecular weight is 344 g/mol. The van der Waals surface area contributed by atoms with Gasteiger partial charge in [0.05, 0.1) is 5.56 Å². The summed E-state index contributed by atoms with van der Waals surface area (Å²) in [6, 6.07) is 9.37. The van der Waals surface area contributed by atoms with Gasteiger partial charge in [0.25, 0.3) is 0 Å². The number of halogens is 1. The van der Waals surface area contributed by atoms with Crippen LogP contribution in [0.4, 0.5) is 4.39 Å². The topological polar surface area (TPSA) is 71.3 Å². The molecule has 0 spiro atoms. The first-order chi connectivity index (χ1) is 12.1. The number of nitrogens with one attached hydrogen (secondary N) is 2. The molecule has 1 fully saturated rings. The minimum absolute atomic E-state index is 0.120. The van der Waals surface area contributed by atoms with Gasteiger partial charge in [-0.25, -0.2) is 4.39 Å². The van der Waals surface area contributed by atoms with E-state index in [4.69, 9.17) is 4.42 Å². The molecule has 132 valence electrons. The third-order valence-electron chi connectivity index (χ3n) is 4.27. The first-order valence-corrected chi connectivity index (χ1v) is 8.54. The van der Waals surface area contributed by atoms with E-state index in [9.17, 15) is 14.0 Å². The van der Waals surface area contributed by atoms with E-state index < -0.39 is 6.04 Å². The van der Waals surface area contributed by atoms with Crippen LogP contribution in [0.1, 0.15) is 31.4 Å². The Morgan fingerprint density at radius 3 is 2.92 bits per heavy atom. The number of amides is 2. The second-order valence-electron chi connectivity index (χ2n) is 6.15.